The number of carbonyl (C=O) groups is 1. The minimum Gasteiger partial charge on any atom is -0.388 e. The molecule has 0 aromatic carbocycles. The van der Waals surface area contributed by atoms with Crippen molar-refractivity contribution in [2.24, 2.45) is 0 Å². The molecule has 2 aromatic rings. The smallest absolute Gasteiger partial charge is 0.273 e. The van der Waals surface area contributed by atoms with Gasteiger partial charge in [-0.2, -0.15) is 0 Å². The van der Waals surface area contributed by atoms with Crippen molar-refractivity contribution in [1.82, 2.24) is 9.88 Å². The van der Waals surface area contributed by atoms with Crippen LogP contribution in [0.15, 0.2) is 22.9 Å². The quantitative estimate of drug-likeness (QED) is 0.925. The maximum Gasteiger partial charge on any atom is 0.273 e. The minimum atomic E-state index is -0.762. The minimum absolute atomic E-state index is 0.0863. The molecule has 1 fully saturated rings. The number of amides is 1. The van der Waals surface area contributed by atoms with Gasteiger partial charge in [0.1, 0.15) is 10.7 Å². The van der Waals surface area contributed by atoms with Crippen LogP contribution in [-0.4, -0.2) is 39.6 Å². The highest BCUT2D eigenvalue weighted by molar-refractivity contribution is 7.20. The van der Waals surface area contributed by atoms with E-state index in [1.54, 1.807) is 28.5 Å². The highest BCUT2D eigenvalue weighted by Gasteiger charge is 2.35. The van der Waals surface area contributed by atoms with E-state index in [0.717, 1.165) is 9.88 Å². The summed E-state index contributed by atoms with van der Waals surface area (Å²) < 4.78 is 0. The van der Waals surface area contributed by atoms with E-state index >= 15 is 0 Å². The Labute approximate surface area is 119 Å². The molecule has 1 N–H and O–H groups in total. The zero-order chi connectivity index (χ0) is 13.5. The SMILES string of the molecule is CC1(O)CCN(C(=O)c2csc(-c3cccs3)n2)C1. The van der Waals surface area contributed by atoms with E-state index < -0.39 is 5.60 Å². The first kappa shape index (κ1) is 12.8. The molecule has 0 aliphatic carbocycles. The average Bonchev–Trinajstić information content (AvgIpc) is 3.06. The monoisotopic (exact) mass is 294 g/mol. The van der Waals surface area contributed by atoms with Crippen LogP contribution >= 0.6 is 22.7 Å². The van der Waals surface area contributed by atoms with Crippen LogP contribution in [0.4, 0.5) is 0 Å². The van der Waals surface area contributed by atoms with Crippen LogP contribution in [0.25, 0.3) is 9.88 Å². The summed E-state index contributed by atoms with van der Waals surface area (Å²) in [5.74, 6) is -0.0863. The second-order valence-electron chi connectivity index (χ2n) is 4.99. The first-order valence-corrected chi connectivity index (χ1v) is 7.82. The highest BCUT2D eigenvalue weighted by Crippen LogP contribution is 2.29. The fraction of sp³-hybridized carbons (Fsp3) is 0.385. The van der Waals surface area contributed by atoms with Gasteiger partial charge in [0.2, 0.25) is 0 Å². The number of thiazole rings is 1. The Balaban J connectivity index is 1.78. The molecule has 3 heterocycles. The molecular weight excluding hydrogens is 280 g/mol. The van der Waals surface area contributed by atoms with Gasteiger partial charge in [-0.05, 0) is 24.8 Å². The molecule has 2 aromatic heterocycles. The van der Waals surface area contributed by atoms with Gasteiger partial charge in [0.05, 0.1) is 10.5 Å². The number of likely N-dealkylation sites (tertiary alicyclic amines) is 1. The van der Waals surface area contributed by atoms with Crippen LogP contribution < -0.4 is 0 Å². The zero-order valence-corrected chi connectivity index (χ0v) is 12.1. The molecule has 100 valence electrons. The number of nitrogens with zero attached hydrogens (tertiary/aromatic N) is 2. The maximum absolute atomic E-state index is 12.3. The van der Waals surface area contributed by atoms with Crippen molar-refractivity contribution < 1.29 is 9.90 Å². The van der Waals surface area contributed by atoms with Gasteiger partial charge in [0.25, 0.3) is 5.91 Å². The van der Waals surface area contributed by atoms with Crippen LogP contribution in [0, 0.1) is 0 Å². The highest BCUT2D eigenvalue weighted by atomic mass is 32.1. The number of carbonyl (C=O) groups excluding carboxylic acids is 1. The first-order valence-electron chi connectivity index (χ1n) is 6.06. The third-order valence-electron chi connectivity index (χ3n) is 3.19. The van der Waals surface area contributed by atoms with E-state index in [2.05, 4.69) is 4.98 Å². The fourth-order valence-corrected chi connectivity index (χ4v) is 3.77. The van der Waals surface area contributed by atoms with E-state index in [-0.39, 0.29) is 5.91 Å². The Hall–Kier alpha value is -1.24. The summed E-state index contributed by atoms with van der Waals surface area (Å²) in [7, 11) is 0. The van der Waals surface area contributed by atoms with Gasteiger partial charge in [0, 0.05) is 18.5 Å². The molecule has 1 saturated heterocycles. The maximum atomic E-state index is 12.3. The molecule has 6 heteroatoms. The number of rotatable bonds is 2. The Morgan fingerprint density at radius 3 is 3.00 bits per heavy atom. The third-order valence-corrected chi connectivity index (χ3v) is 5.08. The van der Waals surface area contributed by atoms with Crippen molar-refractivity contribution in [3.63, 3.8) is 0 Å². The number of aliphatic hydroxyl groups is 1. The molecule has 1 atom stereocenters. The number of hydrogen-bond acceptors (Lipinski definition) is 5. The molecule has 3 rings (SSSR count). The molecule has 4 nitrogen and oxygen atoms in total. The lowest BCUT2D eigenvalue weighted by atomic mass is 10.1. The lowest BCUT2D eigenvalue weighted by molar-refractivity contribution is 0.0569. The van der Waals surface area contributed by atoms with Gasteiger partial charge in [-0.1, -0.05) is 6.07 Å². The Morgan fingerprint density at radius 2 is 2.37 bits per heavy atom. The standard InChI is InChI=1S/C13H14N2O2S2/c1-13(17)4-5-15(8-13)12(16)9-7-19-11(14-9)10-3-2-6-18-10/h2-3,6-7,17H,4-5,8H2,1H3. The molecule has 1 amide bonds. The second kappa shape index (κ2) is 4.70. The van der Waals surface area contributed by atoms with E-state index in [0.29, 0.717) is 25.2 Å². The van der Waals surface area contributed by atoms with E-state index in [1.165, 1.54) is 11.3 Å². The number of thiophene rings is 1. The van der Waals surface area contributed by atoms with E-state index in [4.69, 9.17) is 0 Å². The lowest BCUT2D eigenvalue weighted by Crippen LogP contribution is -2.34. The summed E-state index contributed by atoms with van der Waals surface area (Å²) in [6.07, 6.45) is 0.626. The second-order valence-corrected chi connectivity index (χ2v) is 6.79. The van der Waals surface area contributed by atoms with Crippen molar-refractivity contribution in [3.05, 3.63) is 28.6 Å². The third kappa shape index (κ3) is 2.56. The van der Waals surface area contributed by atoms with E-state index in [9.17, 15) is 9.90 Å². The van der Waals surface area contributed by atoms with E-state index in [1.807, 2.05) is 17.5 Å². The van der Waals surface area contributed by atoms with Gasteiger partial charge in [-0.25, -0.2) is 4.98 Å². The predicted octanol–water partition coefficient (Wildman–Crippen LogP) is 2.47. The molecular formula is C13H14N2O2S2. The van der Waals surface area contributed by atoms with Crippen LogP contribution in [-0.2, 0) is 0 Å². The average molecular weight is 294 g/mol. The fourth-order valence-electron chi connectivity index (χ4n) is 2.17. The van der Waals surface area contributed by atoms with Crippen LogP contribution in [0.3, 0.4) is 0 Å². The van der Waals surface area contributed by atoms with Crippen molar-refractivity contribution >= 4 is 28.6 Å². The van der Waals surface area contributed by atoms with Crippen LogP contribution in [0.1, 0.15) is 23.8 Å². The Bertz CT molecular complexity index is 590. The molecule has 0 bridgehead atoms. The Morgan fingerprint density at radius 1 is 1.53 bits per heavy atom. The molecule has 0 saturated carbocycles. The largest absolute Gasteiger partial charge is 0.388 e. The summed E-state index contributed by atoms with van der Waals surface area (Å²) >= 11 is 3.10. The number of β-amino-alcohol motifs (C(OH)–C–C–N with tert-alkyl or cyclic N) is 1. The van der Waals surface area contributed by atoms with Crippen LogP contribution in [0.5, 0.6) is 0 Å². The number of hydrogen-bond donors (Lipinski definition) is 1. The molecule has 0 spiro atoms. The summed E-state index contributed by atoms with van der Waals surface area (Å²) in [5, 5.41) is 14.6. The summed E-state index contributed by atoms with van der Waals surface area (Å²) in [4.78, 5) is 19.4. The Kier molecular flexibility index (Phi) is 3.16. The normalized spacial score (nSPS) is 22.9. The summed E-state index contributed by atoms with van der Waals surface area (Å²) in [6, 6.07) is 3.97. The van der Waals surface area contributed by atoms with Crippen molar-refractivity contribution in [2.45, 2.75) is 18.9 Å². The molecule has 1 unspecified atom stereocenters. The van der Waals surface area contributed by atoms with Gasteiger partial charge in [0.15, 0.2) is 0 Å². The molecule has 1 aliphatic rings. The molecule has 0 radical (unpaired) electrons. The van der Waals surface area contributed by atoms with Crippen LogP contribution in [0.2, 0.25) is 0 Å². The topological polar surface area (TPSA) is 53.4 Å². The first-order chi connectivity index (χ1) is 9.05. The summed E-state index contributed by atoms with van der Waals surface area (Å²) in [6.45, 7) is 2.74. The number of aromatic nitrogens is 1. The van der Waals surface area contributed by atoms with Gasteiger partial charge < -0.3 is 10.0 Å². The van der Waals surface area contributed by atoms with Crippen molar-refractivity contribution in [1.29, 1.82) is 0 Å². The predicted molar refractivity (Wildman–Crippen MR) is 76.6 cm³/mol. The van der Waals surface area contributed by atoms with Crippen molar-refractivity contribution in [2.75, 3.05) is 13.1 Å². The molecule has 19 heavy (non-hydrogen) atoms. The van der Waals surface area contributed by atoms with Gasteiger partial charge in [-0.15, -0.1) is 22.7 Å². The van der Waals surface area contributed by atoms with Gasteiger partial charge >= 0.3 is 0 Å². The van der Waals surface area contributed by atoms with Gasteiger partial charge in [-0.3, -0.25) is 4.79 Å². The molecule has 1 aliphatic heterocycles. The van der Waals surface area contributed by atoms with Crippen molar-refractivity contribution in [3.8, 4) is 9.88 Å². The summed E-state index contributed by atoms with van der Waals surface area (Å²) in [5.41, 5.74) is -0.284. The zero-order valence-electron chi connectivity index (χ0n) is 10.5. The lowest BCUT2D eigenvalue weighted by Gasteiger charge is -2.17.